The van der Waals surface area contributed by atoms with Gasteiger partial charge in [-0.2, -0.15) is 19.7 Å². The number of hydrogen-bond donors (Lipinski definition) is 3. The van der Waals surface area contributed by atoms with E-state index in [1.165, 1.54) is 4.52 Å². The van der Waals surface area contributed by atoms with Gasteiger partial charge in [0.25, 0.3) is 5.78 Å². The lowest BCUT2D eigenvalue weighted by atomic mass is 10.1. The van der Waals surface area contributed by atoms with E-state index in [1.807, 2.05) is 18.2 Å². The summed E-state index contributed by atoms with van der Waals surface area (Å²) >= 11 is 0. The first-order valence-corrected chi connectivity index (χ1v) is 8.54. The van der Waals surface area contributed by atoms with Gasteiger partial charge in [0.2, 0.25) is 0 Å². The van der Waals surface area contributed by atoms with Crippen molar-refractivity contribution in [1.29, 1.82) is 5.26 Å². The van der Waals surface area contributed by atoms with Crippen LogP contribution in [-0.4, -0.2) is 36.2 Å². The van der Waals surface area contributed by atoms with Gasteiger partial charge in [0.05, 0.1) is 0 Å². The summed E-state index contributed by atoms with van der Waals surface area (Å²) in [5.41, 5.74) is 8.12. The summed E-state index contributed by atoms with van der Waals surface area (Å²) in [6.07, 6.45) is 3.99. The van der Waals surface area contributed by atoms with E-state index >= 15 is 0 Å². The van der Waals surface area contributed by atoms with Gasteiger partial charge in [-0.3, -0.25) is 4.98 Å². The Labute approximate surface area is 160 Å². The normalized spacial score (nSPS) is 10.7. The second-order valence-electron chi connectivity index (χ2n) is 6.06. The van der Waals surface area contributed by atoms with E-state index in [9.17, 15) is 10.4 Å². The molecule has 138 valence electrons. The van der Waals surface area contributed by atoms with Crippen LogP contribution in [0.1, 0.15) is 11.1 Å². The molecule has 0 bridgehead atoms. The molecule has 28 heavy (non-hydrogen) atoms. The van der Waals surface area contributed by atoms with E-state index in [0.717, 1.165) is 11.1 Å². The molecule has 0 radical (unpaired) electrons. The summed E-state index contributed by atoms with van der Waals surface area (Å²) in [5, 5.41) is 26.4. The van der Waals surface area contributed by atoms with Crippen LogP contribution in [0.5, 0.6) is 5.75 Å². The maximum absolute atomic E-state index is 9.52. The van der Waals surface area contributed by atoms with Crippen molar-refractivity contribution in [2.24, 2.45) is 0 Å². The number of aromatic nitrogens is 5. The number of nitrogen functional groups attached to an aromatic ring is 1. The lowest BCUT2D eigenvalue weighted by Gasteiger charge is -2.09. The highest BCUT2D eigenvalue weighted by Gasteiger charge is 2.17. The lowest BCUT2D eigenvalue weighted by molar-refractivity contribution is 0.475. The highest BCUT2D eigenvalue weighted by Crippen LogP contribution is 2.23. The minimum Gasteiger partial charge on any atom is -0.508 e. The van der Waals surface area contributed by atoms with Crippen molar-refractivity contribution in [2.45, 2.75) is 6.42 Å². The van der Waals surface area contributed by atoms with Crippen LogP contribution in [0.2, 0.25) is 0 Å². The number of benzene rings is 1. The topological polar surface area (TPSA) is 138 Å². The largest absolute Gasteiger partial charge is 0.508 e. The number of nitrogens with one attached hydrogen (secondary N) is 1. The Morgan fingerprint density at radius 3 is 2.71 bits per heavy atom. The molecule has 3 aromatic heterocycles. The zero-order valence-electron chi connectivity index (χ0n) is 14.7. The Morgan fingerprint density at radius 2 is 2.00 bits per heavy atom. The first-order chi connectivity index (χ1) is 13.7. The van der Waals surface area contributed by atoms with E-state index in [1.54, 1.807) is 30.6 Å². The van der Waals surface area contributed by atoms with Gasteiger partial charge < -0.3 is 16.2 Å². The molecule has 0 saturated carbocycles. The standard InChI is InChI=1S/C19H16N8O/c20-10-15-16(21)27-19(24-17(26-27)13-2-1-8-22-11-13)25-18(15)23-9-7-12-3-5-14(28)6-4-12/h1-6,8,11,28H,7,9,21H2,(H,23,24,25,26). The van der Waals surface area contributed by atoms with E-state index in [4.69, 9.17) is 5.73 Å². The predicted molar refractivity (Wildman–Crippen MR) is 103 cm³/mol. The number of aromatic hydroxyl groups is 1. The van der Waals surface area contributed by atoms with Gasteiger partial charge in [-0.25, -0.2) is 0 Å². The van der Waals surface area contributed by atoms with Crippen LogP contribution in [-0.2, 0) is 6.42 Å². The van der Waals surface area contributed by atoms with E-state index < -0.39 is 0 Å². The fourth-order valence-corrected chi connectivity index (χ4v) is 2.76. The van der Waals surface area contributed by atoms with Crippen LogP contribution in [0.25, 0.3) is 17.2 Å². The van der Waals surface area contributed by atoms with E-state index in [-0.39, 0.29) is 17.1 Å². The molecule has 0 unspecified atom stereocenters. The minimum atomic E-state index is 0.169. The third kappa shape index (κ3) is 3.26. The number of hydrogen-bond acceptors (Lipinski definition) is 8. The van der Waals surface area contributed by atoms with Gasteiger partial charge in [0, 0.05) is 24.5 Å². The lowest BCUT2D eigenvalue weighted by Crippen LogP contribution is -2.12. The van der Waals surface area contributed by atoms with Gasteiger partial charge in [-0.05, 0) is 36.2 Å². The maximum atomic E-state index is 9.52. The number of anilines is 2. The quantitative estimate of drug-likeness (QED) is 0.483. The minimum absolute atomic E-state index is 0.169. The number of nitriles is 1. The average Bonchev–Trinajstić information content (AvgIpc) is 3.15. The monoisotopic (exact) mass is 372 g/mol. The van der Waals surface area contributed by atoms with Crippen molar-refractivity contribution in [3.8, 4) is 23.2 Å². The number of phenols is 1. The van der Waals surface area contributed by atoms with E-state index in [0.29, 0.717) is 30.4 Å². The van der Waals surface area contributed by atoms with Crippen molar-refractivity contribution in [3.05, 3.63) is 59.9 Å². The van der Waals surface area contributed by atoms with Crippen LogP contribution in [0.15, 0.2) is 48.8 Å². The third-order valence-electron chi connectivity index (χ3n) is 4.20. The molecule has 0 fully saturated rings. The number of pyridine rings is 1. The molecule has 0 saturated heterocycles. The maximum Gasteiger partial charge on any atom is 0.256 e. The van der Waals surface area contributed by atoms with E-state index in [2.05, 4.69) is 31.4 Å². The molecule has 0 spiro atoms. The molecule has 0 amide bonds. The Kier molecular flexibility index (Phi) is 4.43. The molecule has 0 aliphatic heterocycles. The summed E-state index contributed by atoms with van der Waals surface area (Å²) < 4.78 is 1.35. The molecule has 0 aliphatic carbocycles. The molecule has 0 atom stereocenters. The molecule has 3 heterocycles. The number of phenolic OH excluding ortho intramolecular Hbond substituents is 1. The number of fused-ring (bicyclic) bond motifs is 1. The molecule has 1 aromatic carbocycles. The van der Waals surface area contributed by atoms with Crippen LogP contribution in [0, 0.1) is 11.3 Å². The number of nitrogens with zero attached hydrogens (tertiary/aromatic N) is 6. The van der Waals surface area contributed by atoms with Crippen LogP contribution in [0.3, 0.4) is 0 Å². The summed E-state index contributed by atoms with van der Waals surface area (Å²) in [7, 11) is 0. The van der Waals surface area contributed by atoms with Crippen LogP contribution >= 0.6 is 0 Å². The van der Waals surface area contributed by atoms with Crippen molar-refractivity contribution >= 4 is 17.4 Å². The fourth-order valence-electron chi connectivity index (χ4n) is 2.76. The van der Waals surface area contributed by atoms with Gasteiger partial charge in [0.15, 0.2) is 17.5 Å². The predicted octanol–water partition coefficient (Wildman–Crippen LogP) is 2.00. The molecule has 9 nitrogen and oxygen atoms in total. The molecule has 4 N–H and O–H groups in total. The highest BCUT2D eigenvalue weighted by molar-refractivity contribution is 5.68. The molecule has 4 rings (SSSR count). The van der Waals surface area contributed by atoms with Crippen molar-refractivity contribution in [3.63, 3.8) is 0 Å². The van der Waals surface area contributed by atoms with Gasteiger partial charge in [-0.1, -0.05) is 12.1 Å². The molecular weight excluding hydrogens is 356 g/mol. The summed E-state index contributed by atoms with van der Waals surface area (Å²) in [6.45, 7) is 0.533. The number of nitrogens with two attached hydrogens (primary N) is 1. The van der Waals surface area contributed by atoms with Gasteiger partial charge in [-0.15, -0.1) is 5.10 Å². The van der Waals surface area contributed by atoms with Crippen LogP contribution < -0.4 is 11.1 Å². The van der Waals surface area contributed by atoms with Crippen LogP contribution in [0.4, 0.5) is 11.6 Å². The Balaban J connectivity index is 1.62. The first-order valence-electron chi connectivity index (χ1n) is 8.54. The molecule has 0 aliphatic rings. The molecular formula is C19H16N8O. The third-order valence-corrected chi connectivity index (χ3v) is 4.20. The fraction of sp³-hybridized carbons (Fsp3) is 0.105. The molecule has 4 aromatic rings. The van der Waals surface area contributed by atoms with Gasteiger partial charge >= 0.3 is 0 Å². The highest BCUT2D eigenvalue weighted by atomic mass is 16.3. The Hall–Kier alpha value is -4.19. The second-order valence-corrected chi connectivity index (χ2v) is 6.06. The second kappa shape index (κ2) is 7.20. The first kappa shape index (κ1) is 17.2. The SMILES string of the molecule is N#Cc1c(NCCc2ccc(O)cc2)nc2nc(-c3cccnc3)nn2c1N. The van der Waals surface area contributed by atoms with Gasteiger partial charge in [0.1, 0.15) is 17.4 Å². The Morgan fingerprint density at radius 1 is 1.18 bits per heavy atom. The summed E-state index contributed by atoms with van der Waals surface area (Å²) in [4.78, 5) is 12.9. The zero-order valence-corrected chi connectivity index (χ0v) is 14.7. The smallest absolute Gasteiger partial charge is 0.256 e. The van der Waals surface area contributed by atoms with Crippen molar-refractivity contribution < 1.29 is 5.11 Å². The summed E-state index contributed by atoms with van der Waals surface area (Å²) in [6, 6.07) is 12.6. The average molecular weight is 372 g/mol. The number of rotatable bonds is 5. The Bertz CT molecular complexity index is 1160. The molecule has 9 heteroatoms. The zero-order chi connectivity index (χ0) is 19.5. The van der Waals surface area contributed by atoms with Crippen molar-refractivity contribution in [2.75, 3.05) is 17.6 Å². The summed E-state index contributed by atoms with van der Waals surface area (Å²) in [5.74, 6) is 1.47. The van der Waals surface area contributed by atoms with Crippen molar-refractivity contribution in [1.82, 2.24) is 24.6 Å².